The molecule has 1 aliphatic rings. The van der Waals surface area contributed by atoms with E-state index in [-0.39, 0.29) is 11.9 Å². The molecule has 0 radical (unpaired) electrons. The van der Waals surface area contributed by atoms with Crippen molar-refractivity contribution < 1.29 is 4.79 Å². The molecule has 1 aromatic carbocycles. The summed E-state index contributed by atoms with van der Waals surface area (Å²) in [7, 11) is 0. The highest BCUT2D eigenvalue weighted by atomic mass is 35.5. The van der Waals surface area contributed by atoms with Gasteiger partial charge in [-0.05, 0) is 37.1 Å². The summed E-state index contributed by atoms with van der Waals surface area (Å²) in [5.41, 5.74) is 1.01. The van der Waals surface area contributed by atoms with Crippen LogP contribution in [0.3, 0.4) is 0 Å². The van der Waals surface area contributed by atoms with Gasteiger partial charge in [0, 0.05) is 28.4 Å². The molecular weight excluding hydrogens is 315 g/mol. The van der Waals surface area contributed by atoms with E-state index in [1.807, 2.05) is 12.1 Å². The Kier molecular flexibility index (Phi) is 6.49. The second-order valence-electron chi connectivity index (χ2n) is 4.84. The van der Waals surface area contributed by atoms with E-state index in [2.05, 4.69) is 10.6 Å². The number of rotatable bonds is 5. The van der Waals surface area contributed by atoms with Crippen molar-refractivity contribution in [3.05, 3.63) is 33.8 Å². The number of halogens is 2. The zero-order valence-corrected chi connectivity index (χ0v) is 13.5. The van der Waals surface area contributed by atoms with Gasteiger partial charge in [-0.1, -0.05) is 29.3 Å². The van der Waals surface area contributed by atoms with E-state index < -0.39 is 0 Å². The Labute approximate surface area is 133 Å². The van der Waals surface area contributed by atoms with Crippen molar-refractivity contribution in [1.29, 1.82) is 0 Å². The molecule has 0 saturated carbocycles. The van der Waals surface area contributed by atoms with Crippen molar-refractivity contribution in [3.8, 4) is 0 Å². The number of nitrogens with one attached hydrogen (secondary N) is 2. The molecule has 20 heavy (non-hydrogen) atoms. The molecule has 1 atom stereocenters. The minimum Gasteiger partial charge on any atom is -0.351 e. The highest BCUT2D eigenvalue weighted by molar-refractivity contribution is 7.99. The molecule has 1 heterocycles. The number of thioether (sulfide) groups is 1. The number of hydrogen-bond acceptors (Lipinski definition) is 3. The molecule has 1 aliphatic heterocycles. The highest BCUT2D eigenvalue weighted by Gasteiger charge is 2.15. The normalized spacial score (nSPS) is 18.8. The van der Waals surface area contributed by atoms with Crippen molar-refractivity contribution in [2.45, 2.75) is 24.6 Å². The van der Waals surface area contributed by atoms with Crippen molar-refractivity contribution >= 4 is 40.9 Å². The molecule has 6 heteroatoms. The molecule has 1 fully saturated rings. The molecular formula is C14H18Cl2N2OS. The summed E-state index contributed by atoms with van der Waals surface area (Å²) in [6, 6.07) is 5.72. The number of carbonyl (C=O) groups excluding carboxylic acids is 1. The first-order valence-electron chi connectivity index (χ1n) is 6.67. The smallest absolute Gasteiger partial charge is 0.230 e. The Morgan fingerprint density at radius 3 is 3.00 bits per heavy atom. The van der Waals surface area contributed by atoms with Crippen LogP contribution in [0.15, 0.2) is 18.2 Å². The van der Waals surface area contributed by atoms with Crippen LogP contribution in [0.4, 0.5) is 0 Å². The molecule has 1 unspecified atom stereocenters. The fourth-order valence-electron chi connectivity index (χ4n) is 2.14. The number of piperidine rings is 1. The third kappa shape index (κ3) is 5.17. The summed E-state index contributed by atoms with van der Waals surface area (Å²) < 4.78 is 0. The Morgan fingerprint density at radius 1 is 1.45 bits per heavy atom. The van der Waals surface area contributed by atoms with Crippen molar-refractivity contribution in [1.82, 2.24) is 10.6 Å². The Hall–Kier alpha value is -0.420. The topological polar surface area (TPSA) is 41.1 Å². The number of hydrogen-bond donors (Lipinski definition) is 2. The van der Waals surface area contributed by atoms with Crippen molar-refractivity contribution in [2.24, 2.45) is 0 Å². The van der Waals surface area contributed by atoms with Gasteiger partial charge in [-0.3, -0.25) is 4.79 Å². The van der Waals surface area contributed by atoms with Gasteiger partial charge in [-0.2, -0.15) is 0 Å². The van der Waals surface area contributed by atoms with Gasteiger partial charge in [-0.15, -0.1) is 11.8 Å². The molecule has 1 saturated heterocycles. The summed E-state index contributed by atoms with van der Waals surface area (Å²) in [5.74, 6) is 1.26. The summed E-state index contributed by atoms with van der Waals surface area (Å²) >= 11 is 13.5. The minimum absolute atomic E-state index is 0.0915. The van der Waals surface area contributed by atoms with E-state index in [1.165, 1.54) is 0 Å². The molecule has 1 amide bonds. The van der Waals surface area contributed by atoms with Crippen LogP contribution in [0.1, 0.15) is 18.4 Å². The quantitative estimate of drug-likeness (QED) is 0.870. The fourth-order valence-corrected chi connectivity index (χ4v) is 3.53. The predicted molar refractivity (Wildman–Crippen MR) is 86.7 cm³/mol. The van der Waals surface area contributed by atoms with Crippen LogP contribution in [-0.2, 0) is 10.5 Å². The Morgan fingerprint density at radius 2 is 2.30 bits per heavy atom. The average molecular weight is 333 g/mol. The van der Waals surface area contributed by atoms with E-state index in [1.54, 1.807) is 17.8 Å². The third-order valence-corrected chi connectivity index (χ3v) is 4.74. The SMILES string of the molecule is O=C(CSCc1ccc(Cl)cc1Cl)NC1CCCNC1. The molecule has 2 N–H and O–H groups in total. The summed E-state index contributed by atoms with van der Waals surface area (Å²) in [5, 5.41) is 7.62. The summed E-state index contributed by atoms with van der Waals surface area (Å²) in [6.07, 6.45) is 2.19. The van der Waals surface area contributed by atoms with Gasteiger partial charge < -0.3 is 10.6 Å². The molecule has 110 valence electrons. The standard InChI is InChI=1S/C14H18Cl2N2OS/c15-11-4-3-10(13(16)6-11)8-20-9-14(19)18-12-2-1-5-17-7-12/h3-4,6,12,17H,1-2,5,7-9H2,(H,18,19). The van der Waals surface area contributed by atoms with Gasteiger partial charge in [0.15, 0.2) is 0 Å². The van der Waals surface area contributed by atoms with Crippen LogP contribution in [-0.4, -0.2) is 30.8 Å². The van der Waals surface area contributed by atoms with Gasteiger partial charge in [0.25, 0.3) is 0 Å². The van der Waals surface area contributed by atoms with Crippen LogP contribution in [0, 0.1) is 0 Å². The molecule has 0 aliphatic carbocycles. The number of amides is 1. The largest absolute Gasteiger partial charge is 0.351 e. The van der Waals surface area contributed by atoms with E-state index in [9.17, 15) is 4.79 Å². The van der Waals surface area contributed by atoms with Crippen LogP contribution >= 0.6 is 35.0 Å². The number of carbonyl (C=O) groups is 1. The number of benzene rings is 1. The zero-order valence-electron chi connectivity index (χ0n) is 11.1. The Balaban J connectivity index is 1.70. The molecule has 2 rings (SSSR count). The highest BCUT2D eigenvalue weighted by Crippen LogP contribution is 2.24. The molecule has 3 nitrogen and oxygen atoms in total. The van der Waals surface area contributed by atoms with Crippen LogP contribution in [0.25, 0.3) is 0 Å². The monoisotopic (exact) mass is 332 g/mol. The maximum atomic E-state index is 11.8. The lowest BCUT2D eigenvalue weighted by molar-refractivity contribution is -0.119. The maximum absolute atomic E-state index is 11.8. The van der Waals surface area contributed by atoms with Gasteiger partial charge in [0.05, 0.1) is 5.75 Å². The first-order chi connectivity index (χ1) is 9.65. The minimum atomic E-state index is 0.0915. The molecule has 0 aromatic heterocycles. The van der Waals surface area contributed by atoms with E-state index >= 15 is 0 Å². The van der Waals surface area contributed by atoms with Crippen molar-refractivity contribution in [2.75, 3.05) is 18.8 Å². The van der Waals surface area contributed by atoms with E-state index in [0.29, 0.717) is 21.6 Å². The first-order valence-corrected chi connectivity index (χ1v) is 8.58. The lowest BCUT2D eigenvalue weighted by Crippen LogP contribution is -2.46. The maximum Gasteiger partial charge on any atom is 0.230 e. The van der Waals surface area contributed by atoms with Gasteiger partial charge in [0.1, 0.15) is 0 Å². The van der Waals surface area contributed by atoms with Crippen LogP contribution in [0.2, 0.25) is 10.0 Å². The molecule has 0 bridgehead atoms. The lowest BCUT2D eigenvalue weighted by atomic mass is 10.1. The second kappa shape index (κ2) is 8.13. The third-order valence-electron chi connectivity index (χ3n) is 3.17. The average Bonchev–Trinajstić information content (AvgIpc) is 2.42. The molecule has 0 spiro atoms. The van der Waals surface area contributed by atoms with Gasteiger partial charge in [-0.25, -0.2) is 0 Å². The van der Waals surface area contributed by atoms with E-state index in [0.717, 1.165) is 31.5 Å². The fraction of sp³-hybridized carbons (Fsp3) is 0.500. The summed E-state index contributed by atoms with van der Waals surface area (Å²) in [6.45, 7) is 1.93. The lowest BCUT2D eigenvalue weighted by Gasteiger charge is -2.23. The zero-order chi connectivity index (χ0) is 14.4. The van der Waals surface area contributed by atoms with Gasteiger partial charge in [0.2, 0.25) is 5.91 Å². The van der Waals surface area contributed by atoms with Gasteiger partial charge >= 0.3 is 0 Å². The van der Waals surface area contributed by atoms with E-state index in [4.69, 9.17) is 23.2 Å². The summed E-state index contributed by atoms with van der Waals surface area (Å²) in [4.78, 5) is 11.8. The van der Waals surface area contributed by atoms with Crippen LogP contribution in [0.5, 0.6) is 0 Å². The Bertz CT molecular complexity index is 464. The first kappa shape index (κ1) is 16.0. The van der Waals surface area contributed by atoms with Crippen molar-refractivity contribution in [3.63, 3.8) is 0 Å². The predicted octanol–water partition coefficient (Wildman–Crippen LogP) is 3.09. The molecule has 1 aromatic rings. The van der Waals surface area contributed by atoms with Crippen LogP contribution < -0.4 is 10.6 Å². The second-order valence-corrected chi connectivity index (χ2v) is 6.67.